The van der Waals surface area contributed by atoms with Crippen LogP contribution in [0, 0.1) is 11.3 Å². The largest absolute Gasteiger partial charge is 0.369 e. The van der Waals surface area contributed by atoms with Crippen molar-refractivity contribution in [3.05, 3.63) is 23.1 Å². The number of anilines is 1. The summed E-state index contributed by atoms with van der Waals surface area (Å²) in [5.41, 5.74) is 2.17. The van der Waals surface area contributed by atoms with Gasteiger partial charge in [0.05, 0.1) is 21.6 Å². The topological polar surface area (TPSA) is 74.5 Å². The molecule has 0 bridgehead atoms. The lowest BCUT2D eigenvalue weighted by molar-refractivity contribution is 0.622. The molecule has 2 aromatic heterocycles. The summed E-state index contributed by atoms with van der Waals surface area (Å²) in [5, 5.41) is 13.3. The first-order chi connectivity index (χ1) is 10.3. The van der Waals surface area contributed by atoms with Crippen LogP contribution in [0.3, 0.4) is 0 Å². The standard InChI is InChI=1S/C15H17N5S/c1-2-3-10(4-6-16)15-18-8-12(21-15)13-11-5-7-17-14(11)20-9-19-13/h8-10H,2-5,7H2,1H3,(H,17,19,20)/t10-/m0/s1. The van der Waals surface area contributed by atoms with Crippen molar-refractivity contribution < 1.29 is 0 Å². The van der Waals surface area contributed by atoms with E-state index in [1.165, 1.54) is 5.56 Å². The van der Waals surface area contributed by atoms with E-state index in [2.05, 4.69) is 33.3 Å². The molecular formula is C15H17N5S. The van der Waals surface area contributed by atoms with Gasteiger partial charge >= 0.3 is 0 Å². The average Bonchev–Trinajstić information content (AvgIpc) is 3.15. The summed E-state index contributed by atoms with van der Waals surface area (Å²) < 4.78 is 0. The summed E-state index contributed by atoms with van der Waals surface area (Å²) in [7, 11) is 0. The maximum atomic E-state index is 8.97. The maximum absolute atomic E-state index is 8.97. The van der Waals surface area contributed by atoms with Crippen molar-refractivity contribution in [2.45, 2.75) is 38.5 Å². The minimum atomic E-state index is 0.242. The normalized spacial score (nSPS) is 14.3. The first-order valence-corrected chi connectivity index (χ1v) is 8.06. The van der Waals surface area contributed by atoms with E-state index < -0.39 is 0 Å². The first-order valence-electron chi connectivity index (χ1n) is 7.24. The van der Waals surface area contributed by atoms with Crippen molar-refractivity contribution >= 4 is 17.2 Å². The van der Waals surface area contributed by atoms with E-state index in [4.69, 9.17) is 5.26 Å². The predicted molar refractivity (Wildman–Crippen MR) is 83.2 cm³/mol. The third-order valence-corrected chi connectivity index (χ3v) is 4.86. The molecule has 0 aliphatic carbocycles. The van der Waals surface area contributed by atoms with Gasteiger partial charge in [0.2, 0.25) is 0 Å². The zero-order valence-corrected chi connectivity index (χ0v) is 12.8. The Labute approximate surface area is 128 Å². The molecule has 5 nitrogen and oxygen atoms in total. The summed E-state index contributed by atoms with van der Waals surface area (Å²) in [4.78, 5) is 14.3. The first kappa shape index (κ1) is 14.0. The van der Waals surface area contributed by atoms with Gasteiger partial charge < -0.3 is 5.32 Å². The van der Waals surface area contributed by atoms with Crippen LogP contribution in [0.5, 0.6) is 0 Å². The number of thiazole rings is 1. The minimum absolute atomic E-state index is 0.242. The molecule has 0 spiro atoms. The van der Waals surface area contributed by atoms with Crippen LogP contribution in [-0.4, -0.2) is 21.5 Å². The molecule has 1 aliphatic heterocycles. The lowest BCUT2D eigenvalue weighted by Crippen LogP contribution is -1.96. The Balaban J connectivity index is 1.92. The highest BCUT2D eigenvalue weighted by atomic mass is 32.1. The Morgan fingerprint density at radius 1 is 1.43 bits per heavy atom. The summed E-state index contributed by atoms with van der Waals surface area (Å²) in [6.45, 7) is 3.06. The van der Waals surface area contributed by atoms with Crippen molar-refractivity contribution in [2.75, 3.05) is 11.9 Å². The molecule has 0 unspecified atom stereocenters. The Morgan fingerprint density at radius 2 is 2.33 bits per heavy atom. The van der Waals surface area contributed by atoms with Gasteiger partial charge in [-0.25, -0.2) is 15.0 Å². The van der Waals surface area contributed by atoms with Crippen molar-refractivity contribution in [1.82, 2.24) is 15.0 Å². The molecule has 1 N–H and O–H groups in total. The molecule has 2 aromatic rings. The van der Waals surface area contributed by atoms with Crippen LogP contribution in [-0.2, 0) is 6.42 Å². The van der Waals surface area contributed by atoms with E-state index >= 15 is 0 Å². The number of nitriles is 1. The summed E-state index contributed by atoms with van der Waals surface area (Å²) in [6.07, 6.45) is 7.04. The van der Waals surface area contributed by atoms with Crippen LogP contribution in [0.15, 0.2) is 12.5 Å². The fraction of sp³-hybridized carbons (Fsp3) is 0.467. The summed E-state index contributed by atoms with van der Waals surface area (Å²) in [6, 6.07) is 2.27. The molecule has 1 aliphatic rings. The molecule has 0 amide bonds. The van der Waals surface area contributed by atoms with Gasteiger partial charge in [-0.05, 0) is 12.8 Å². The average molecular weight is 299 g/mol. The summed E-state index contributed by atoms with van der Waals surface area (Å²) >= 11 is 1.66. The molecule has 0 saturated heterocycles. The zero-order valence-electron chi connectivity index (χ0n) is 12.0. The van der Waals surface area contributed by atoms with Crippen LogP contribution in [0.1, 0.15) is 42.7 Å². The molecule has 3 rings (SSSR count). The van der Waals surface area contributed by atoms with E-state index in [0.717, 1.165) is 47.2 Å². The third-order valence-electron chi connectivity index (χ3n) is 3.69. The molecule has 0 aromatic carbocycles. The van der Waals surface area contributed by atoms with Crippen LogP contribution in [0.25, 0.3) is 10.6 Å². The SMILES string of the molecule is CCC[C@@H](CC#N)c1ncc(-c2ncnc3c2CCN3)s1. The van der Waals surface area contributed by atoms with E-state index in [1.807, 2.05) is 6.20 Å². The molecule has 108 valence electrons. The second-order valence-electron chi connectivity index (χ2n) is 5.14. The van der Waals surface area contributed by atoms with E-state index in [0.29, 0.717) is 6.42 Å². The zero-order chi connectivity index (χ0) is 14.7. The van der Waals surface area contributed by atoms with Gasteiger partial charge in [-0.2, -0.15) is 5.26 Å². The predicted octanol–water partition coefficient (Wildman–Crippen LogP) is 3.37. The number of aromatic nitrogens is 3. The maximum Gasteiger partial charge on any atom is 0.133 e. The van der Waals surface area contributed by atoms with E-state index in [9.17, 15) is 0 Å². The highest BCUT2D eigenvalue weighted by Gasteiger charge is 2.21. The van der Waals surface area contributed by atoms with Gasteiger partial charge in [-0.3, -0.25) is 0 Å². The number of hydrogen-bond donors (Lipinski definition) is 1. The van der Waals surface area contributed by atoms with E-state index in [1.54, 1.807) is 17.7 Å². The fourth-order valence-electron chi connectivity index (χ4n) is 2.68. The van der Waals surface area contributed by atoms with Gasteiger partial charge in [-0.1, -0.05) is 13.3 Å². The van der Waals surface area contributed by atoms with Gasteiger partial charge in [0.1, 0.15) is 12.1 Å². The third kappa shape index (κ3) is 2.74. The molecule has 0 saturated carbocycles. The number of hydrogen-bond acceptors (Lipinski definition) is 6. The monoisotopic (exact) mass is 299 g/mol. The second kappa shape index (κ2) is 6.19. The van der Waals surface area contributed by atoms with Crippen LogP contribution < -0.4 is 5.32 Å². The Hall–Kier alpha value is -2.00. The Morgan fingerprint density at radius 3 is 3.14 bits per heavy atom. The summed E-state index contributed by atoms with van der Waals surface area (Å²) in [5.74, 6) is 1.18. The number of rotatable bonds is 5. The molecule has 6 heteroatoms. The number of nitrogens with zero attached hydrogens (tertiary/aromatic N) is 4. The van der Waals surface area contributed by atoms with Crippen LogP contribution >= 0.6 is 11.3 Å². The lowest BCUT2D eigenvalue weighted by Gasteiger charge is -2.08. The van der Waals surface area contributed by atoms with E-state index in [-0.39, 0.29) is 5.92 Å². The quantitative estimate of drug-likeness (QED) is 0.916. The molecule has 0 fully saturated rings. The molecule has 21 heavy (non-hydrogen) atoms. The van der Waals surface area contributed by atoms with Crippen molar-refractivity contribution in [1.29, 1.82) is 5.26 Å². The smallest absolute Gasteiger partial charge is 0.133 e. The molecule has 1 atom stereocenters. The van der Waals surface area contributed by atoms with Crippen LogP contribution in [0.4, 0.5) is 5.82 Å². The molecular weight excluding hydrogens is 282 g/mol. The fourth-order valence-corrected chi connectivity index (χ4v) is 3.75. The highest BCUT2D eigenvalue weighted by Crippen LogP contribution is 2.36. The van der Waals surface area contributed by atoms with Crippen molar-refractivity contribution in [3.8, 4) is 16.6 Å². The van der Waals surface area contributed by atoms with Crippen molar-refractivity contribution in [2.24, 2.45) is 0 Å². The minimum Gasteiger partial charge on any atom is -0.369 e. The van der Waals surface area contributed by atoms with Gasteiger partial charge in [0.25, 0.3) is 0 Å². The number of fused-ring (bicyclic) bond motifs is 1. The Kier molecular flexibility index (Phi) is 4.11. The Bertz CT molecular complexity index is 673. The van der Waals surface area contributed by atoms with Crippen molar-refractivity contribution in [3.63, 3.8) is 0 Å². The van der Waals surface area contributed by atoms with Crippen LogP contribution in [0.2, 0.25) is 0 Å². The highest BCUT2D eigenvalue weighted by molar-refractivity contribution is 7.15. The van der Waals surface area contributed by atoms with Gasteiger partial charge in [-0.15, -0.1) is 11.3 Å². The second-order valence-corrected chi connectivity index (χ2v) is 6.20. The van der Waals surface area contributed by atoms with Gasteiger partial charge in [0.15, 0.2) is 0 Å². The molecule has 3 heterocycles. The lowest BCUT2D eigenvalue weighted by atomic mass is 10.0. The van der Waals surface area contributed by atoms with Gasteiger partial charge in [0, 0.05) is 30.6 Å². The number of nitrogens with one attached hydrogen (secondary N) is 1. The molecule has 0 radical (unpaired) electrons.